The number of alkyl halides is 1. The first kappa shape index (κ1) is 8.83. The van der Waals surface area contributed by atoms with Crippen molar-refractivity contribution in [2.24, 2.45) is 0 Å². The molecule has 1 fully saturated rings. The molecule has 0 unspecified atom stereocenters. The third-order valence-corrected chi connectivity index (χ3v) is 2.58. The Balaban J connectivity index is 2.26. The van der Waals surface area contributed by atoms with Gasteiger partial charge in [-0.05, 0) is 29.9 Å². The van der Waals surface area contributed by atoms with Crippen molar-refractivity contribution in [2.75, 3.05) is 5.88 Å². The standard InChI is InChI=1S/C12H13Cl/c13-9-3-5-10-4-1-2-6-12(10)11-7-8-11/h1-6,11H,7-9H2. The van der Waals surface area contributed by atoms with Crippen molar-refractivity contribution in [2.45, 2.75) is 18.8 Å². The van der Waals surface area contributed by atoms with Crippen LogP contribution in [0.2, 0.25) is 0 Å². The van der Waals surface area contributed by atoms with Gasteiger partial charge < -0.3 is 0 Å². The van der Waals surface area contributed by atoms with Crippen molar-refractivity contribution < 1.29 is 0 Å². The molecule has 13 heavy (non-hydrogen) atoms. The Morgan fingerprint density at radius 3 is 2.77 bits per heavy atom. The van der Waals surface area contributed by atoms with E-state index in [4.69, 9.17) is 11.6 Å². The van der Waals surface area contributed by atoms with Crippen LogP contribution in [0.15, 0.2) is 30.3 Å². The maximum atomic E-state index is 5.61. The van der Waals surface area contributed by atoms with Gasteiger partial charge >= 0.3 is 0 Å². The molecule has 0 nitrogen and oxygen atoms in total. The van der Waals surface area contributed by atoms with Gasteiger partial charge in [-0.15, -0.1) is 11.6 Å². The molecule has 0 spiro atoms. The minimum absolute atomic E-state index is 0.596. The van der Waals surface area contributed by atoms with Crippen molar-refractivity contribution in [1.29, 1.82) is 0 Å². The number of benzene rings is 1. The monoisotopic (exact) mass is 192 g/mol. The second kappa shape index (κ2) is 3.97. The average Bonchev–Trinajstić information content (AvgIpc) is 2.98. The molecule has 0 atom stereocenters. The fraction of sp³-hybridized carbons (Fsp3) is 0.333. The van der Waals surface area contributed by atoms with E-state index in [9.17, 15) is 0 Å². The van der Waals surface area contributed by atoms with Crippen LogP contribution in [-0.2, 0) is 0 Å². The predicted octanol–water partition coefficient (Wildman–Crippen LogP) is 3.82. The highest BCUT2D eigenvalue weighted by Crippen LogP contribution is 2.41. The largest absolute Gasteiger partial charge is 0.122 e. The molecule has 0 N–H and O–H groups in total. The van der Waals surface area contributed by atoms with Crippen molar-refractivity contribution >= 4 is 17.7 Å². The second-order valence-corrected chi connectivity index (χ2v) is 3.77. The van der Waals surface area contributed by atoms with E-state index in [-0.39, 0.29) is 0 Å². The van der Waals surface area contributed by atoms with Gasteiger partial charge in [0.15, 0.2) is 0 Å². The summed E-state index contributed by atoms with van der Waals surface area (Å²) in [4.78, 5) is 0. The van der Waals surface area contributed by atoms with Crippen LogP contribution in [0.25, 0.3) is 6.08 Å². The maximum Gasteiger partial charge on any atom is 0.0407 e. The summed E-state index contributed by atoms with van der Waals surface area (Å²) in [6, 6.07) is 8.59. The molecule has 1 aromatic rings. The highest BCUT2D eigenvalue weighted by Gasteiger charge is 2.24. The molecule has 1 saturated carbocycles. The SMILES string of the molecule is ClCC=Cc1ccccc1C1CC1. The molecular weight excluding hydrogens is 180 g/mol. The molecule has 1 heteroatoms. The van der Waals surface area contributed by atoms with Crippen LogP contribution in [-0.4, -0.2) is 5.88 Å². The van der Waals surface area contributed by atoms with Gasteiger partial charge in [-0.2, -0.15) is 0 Å². The zero-order chi connectivity index (χ0) is 9.10. The highest BCUT2D eigenvalue weighted by molar-refractivity contribution is 6.19. The zero-order valence-electron chi connectivity index (χ0n) is 7.54. The number of hydrogen-bond acceptors (Lipinski definition) is 0. The topological polar surface area (TPSA) is 0 Å². The van der Waals surface area contributed by atoms with Crippen molar-refractivity contribution in [3.05, 3.63) is 41.5 Å². The van der Waals surface area contributed by atoms with Crippen LogP contribution >= 0.6 is 11.6 Å². The van der Waals surface area contributed by atoms with Crippen LogP contribution in [0.3, 0.4) is 0 Å². The third kappa shape index (κ3) is 2.13. The van der Waals surface area contributed by atoms with Crippen LogP contribution in [0.4, 0.5) is 0 Å². The van der Waals surface area contributed by atoms with E-state index < -0.39 is 0 Å². The first-order chi connectivity index (χ1) is 6.42. The Kier molecular flexibility index (Phi) is 2.70. The lowest BCUT2D eigenvalue weighted by molar-refractivity contribution is 1.12. The van der Waals surface area contributed by atoms with E-state index in [0.717, 1.165) is 5.92 Å². The smallest absolute Gasteiger partial charge is 0.0407 e. The van der Waals surface area contributed by atoms with Crippen LogP contribution in [0.1, 0.15) is 29.9 Å². The van der Waals surface area contributed by atoms with Crippen LogP contribution in [0.5, 0.6) is 0 Å². The Hall–Kier alpha value is -0.750. The van der Waals surface area contributed by atoms with Crippen molar-refractivity contribution in [3.8, 4) is 0 Å². The van der Waals surface area contributed by atoms with E-state index in [0.29, 0.717) is 5.88 Å². The Labute approximate surface area is 84.2 Å². The molecule has 0 saturated heterocycles. The van der Waals surface area contributed by atoms with Crippen LogP contribution in [0, 0.1) is 0 Å². The molecule has 0 heterocycles. The fourth-order valence-corrected chi connectivity index (χ4v) is 1.69. The molecule has 0 radical (unpaired) electrons. The van der Waals surface area contributed by atoms with Crippen LogP contribution < -0.4 is 0 Å². The number of hydrogen-bond donors (Lipinski definition) is 0. The molecule has 1 aliphatic carbocycles. The highest BCUT2D eigenvalue weighted by atomic mass is 35.5. The lowest BCUT2D eigenvalue weighted by Gasteiger charge is -2.02. The Morgan fingerprint density at radius 2 is 2.08 bits per heavy atom. The summed E-state index contributed by atoms with van der Waals surface area (Å²) in [5, 5.41) is 0. The number of allylic oxidation sites excluding steroid dienone is 1. The zero-order valence-corrected chi connectivity index (χ0v) is 8.30. The maximum absolute atomic E-state index is 5.61. The summed E-state index contributed by atoms with van der Waals surface area (Å²) < 4.78 is 0. The van der Waals surface area contributed by atoms with Gasteiger partial charge in [0, 0.05) is 5.88 Å². The summed E-state index contributed by atoms with van der Waals surface area (Å²) in [6.45, 7) is 0. The van der Waals surface area contributed by atoms with E-state index in [1.807, 2.05) is 6.08 Å². The molecule has 0 aromatic heterocycles. The van der Waals surface area contributed by atoms with Crippen molar-refractivity contribution in [3.63, 3.8) is 0 Å². The number of halogens is 1. The molecule has 0 amide bonds. The van der Waals surface area contributed by atoms with E-state index in [2.05, 4.69) is 30.3 Å². The summed E-state index contributed by atoms with van der Waals surface area (Å²) in [6.07, 6.45) is 6.83. The minimum Gasteiger partial charge on any atom is -0.122 e. The third-order valence-electron chi connectivity index (χ3n) is 2.40. The normalized spacial score (nSPS) is 16.7. The van der Waals surface area contributed by atoms with Gasteiger partial charge in [0.05, 0.1) is 0 Å². The summed E-state index contributed by atoms with van der Waals surface area (Å²) in [7, 11) is 0. The minimum atomic E-state index is 0.596. The Morgan fingerprint density at radius 1 is 1.31 bits per heavy atom. The van der Waals surface area contributed by atoms with Gasteiger partial charge in [-0.1, -0.05) is 36.4 Å². The molecule has 0 aliphatic heterocycles. The van der Waals surface area contributed by atoms with Gasteiger partial charge in [0.1, 0.15) is 0 Å². The Bertz CT molecular complexity index is 311. The fourth-order valence-electron chi connectivity index (χ4n) is 1.60. The van der Waals surface area contributed by atoms with Gasteiger partial charge in [0.25, 0.3) is 0 Å². The summed E-state index contributed by atoms with van der Waals surface area (Å²) >= 11 is 5.61. The second-order valence-electron chi connectivity index (χ2n) is 3.46. The quantitative estimate of drug-likeness (QED) is 0.639. The predicted molar refractivity (Wildman–Crippen MR) is 58.2 cm³/mol. The first-order valence-electron chi connectivity index (χ1n) is 4.73. The van der Waals surface area contributed by atoms with E-state index >= 15 is 0 Å². The van der Waals surface area contributed by atoms with Gasteiger partial charge in [-0.25, -0.2) is 0 Å². The first-order valence-corrected chi connectivity index (χ1v) is 5.26. The lowest BCUT2D eigenvalue weighted by Crippen LogP contribution is -1.84. The lowest BCUT2D eigenvalue weighted by atomic mass is 10.0. The number of rotatable bonds is 3. The van der Waals surface area contributed by atoms with E-state index in [1.54, 1.807) is 0 Å². The summed E-state index contributed by atoms with van der Waals surface area (Å²) in [5.41, 5.74) is 2.83. The molecular formula is C12H13Cl. The summed E-state index contributed by atoms with van der Waals surface area (Å²) in [5.74, 6) is 1.41. The molecule has 2 rings (SSSR count). The molecule has 68 valence electrons. The van der Waals surface area contributed by atoms with E-state index in [1.165, 1.54) is 24.0 Å². The molecule has 1 aromatic carbocycles. The molecule has 0 bridgehead atoms. The van der Waals surface area contributed by atoms with Gasteiger partial charge in [0.2, 0.25) is 0 Å². The van der Waals surface area contributed by atoms with Gasteiger partial charge in [-0.3, -0.25) is 0 Å². The van der Waals surface area contributed by atoms with Crippen molar-refractivity contribution in [1.82, 2.24) is 0 Å². The average molecular weight is 193 g/mol. The molecule has 1 aliphatic rings.